The summed E-state index contributed by atoms with van der Waals surface area (Å²) in [6.45, 7) is 7.69. The lowest BCUT2D eigenvalue weighted by Gasteiger charge is -2.30. The van der Waals surface area contributed by atoms with E-state index in [0.717, 1.165) is 24.9 Å². The first-order valence-electron chi connectivity index (χ1n) is 8.82. The molecular formula is C19H29FN2O. The molecule has 4 heteroatoms. The van der Waals surface area contributed by atoms with Gasteiger partial charge in [0.05, 0.1) is 6.04 Å². The molecule has 1 aromatic rings. The van der Waals surface area contributed by atoms with Gasteiger partial charge in [-0.3, -0.25) is 0 Å². The van der Waals surface area contributed by atoms with E-state index in [1.807, 2.05) is 11.8 Å². The lowest BCUT2D eigenvalue weighted by molar-refractivity contribution is 0.185. The van der Waals surface area contributed by atoms with Gasteiger partial charge in [0.2, 0.25) is 0 Å². The average Bonchev–Trinajstić information content (AvgIpc) is 3.05. The van der Waals surface area contributed by atoms with Crippen LogP contribution in [-0.2, 0) is 0 Å². The third-order valence-electron chi connectivity index (χ3n) is 4.63. The highest BCUT2D eigenvalue weighted by molar-refractivity contribution is 5.74. The van der Waals surface area contributed by atoms with E-state index < -0.39 is 0 Å². The Kier molecular flexibility index (Phi) is 6.43. The Labute approximate surface area is 139 Å². The van der Waals surface area contributed by atoms with E-state index in [-0.39, 0.29) is 17.9 Å². The first-order valence-corrected chi connectivity index (χ1v) is 8.82. The van der Waals surface area contributed by atoms with Crippen LogP contribution in [0.25, 0.3) is 0 Å². The number of hydrogen-bond donors (Lipinski definition) is 1. The van der Waals surface area contributed by atoms with E-state index in [1.54, 1.807) is 12.1 Å². The predicted molar refractivity (Wildman–Crippen MR) is 91.7 cm³/mol. The molecule has 0 bridgehead atoms. The number of nitrogens with zero attached hydrogens (tertiary/aromatic N) is 1. The van der Waals surface area contributed by atoms with Gasteiger partial charge in [-0.25, -0.2) is 9.18 Å². The van der Waals surface area contributed by atoms with Gasteiger partial charge in [-0.05, 0) is 49.3 Å². The standard InChI is InChI=1S/C19H29FN2O/c1-4-22(13-14(2)3)19(23)21-18(15-7-5-6-8-15)16-9-11-17(20)12-10-16/h9-12,14-15,18H,4-8,13H2,1-3H3,(H,21,23). The molecule has 0 spiro atoms. The second-order valence-corrected chi connectivity index (χ2v) is 6.96. The van der Waals surface area contributed by atoms with Crippen LogP contribution in [0.5, 0.6) is 0 Å². The molecule has 0 radical (unpaired) electrons. The van der Waals surface area contributed by atoms with Crippen molar-refractivity contribution in [1.82, 2.24) is 10.2 Å². The predicted octanol–water partition coefficient (Wildman–Crippen LogP) is 4.74. The van der Waals surface area contributed by atoms with Crippen molar-refractivity contribution in [3.8, 4) is 0 Å². The number of carbonyl (C=O) groups is 1. The monoisotopic (exact) mass is 320 g/mol. The zero-order valence-electron chi connectivity index (χ0n) is 14.5. The van der Waals surface area contributed by atoms with Crippen LogP contribution in [0.15, 0.2) is 24.3 Å². The summed E-state index contributed by atoms with van der Waals surface area (Å²) in [5, 5.41) is 3.22. The third-order valence-corrected chi connectivity index (χ3v) is 4.63. The smallest absolute Gasteiger partial charge is 0.317 e. The molecule has 1 N–H and O–H groups in total. The molecule has 2 rings (SSSR count). The summed E-state index contributed by atoms with van der Waals surface area (Å²) >= 11 is 0. The molecule has 1 atom stereocenters. The fourth-order valence-electron chi connectivity index (χ4n) is 3.45. The minimum absolute atomic E-state index is 0.0116. The van der Waals surface area contributed by atoms with Crippen LogP contribution in [0.3, 0.4) is 0 Å². The summed E-state index contributed by atoms with van der Waals surface area (Å²) in [6.07, 6.45) is 4.67. The fraction of sp³-hybridized carbons (Fsp3) is 0.632. The van der Waals surface area contributed by atoms with Crippen LogP contribution in [0, 0.1) is 17.7 Å². The van der Waals surface area contributed by atoms with Gasteiger partial charge in [-0.1, -0.05) is 38.8 Å². The largest absolute Gasteiger partial charge is 0.331 e. The number of benzene rings is 1. The summed E-state index contributed by atoms with van der Waals surface area (Å²) < 4.78 is 13.2. The van der Waals surface area contributed by atoms with E-state index >= 15 is 0 Å². The van der Waals surface area contributed by atoms with Crippen molar-refractivity contribution in [3.63, 3.8) is 0 Å². The van der Waals surface area contributed by atoms with Gasteiger partial charge in [0.1, 0.15) is 5.82 Å². The van der Waals surface area contributed by atoms with E-state index in [9.17, 15) is 9.18 Å². The molecule has 0 aromatic heterocycles. The lowest BCUT2D eigenvalue weighted by Crippen LogP contribution is -2.44. The van der Waals surface area contributed by atoms with E-state index in [0.29, 0.717) is 18.4 Å². The summed E-state index contributed by atoms with van der Waals surface area (Å²) in [6, 6.07) is 6.54. The van der Waals surface area contributed by atoms with Crippen molar-refractivity contribution in [1.29, 1.82) is 0 Å². The molecule has 128 valence electrons. The van der Waals surface area contributed by atoms with E-state index in [1.165, 1.54) is 25.0 Å². The van der Waals surface area contributed by atoms with Crippen LogP contribution in [0.4, 0.5) is 9.18 Å². The Hall–Kier alpha value is -1.58. The number of hydrogen-bond acceptors (Lipinski definition) is 1. The Morgan fingerprint density at radius 3 is 2.39 bits per heavy atom. The van der Waals surface area contributed by atoms with Crippen molar-refractivity contribution in [2.45, 2.75) is 52.5 Å². The van der Waals surface area contributed by atoms with Crippen molar-refractivity contribution in [2.75, 3.05) is 13.1 Å². The van der Waals surface area contributed by atoms with Crippen molar-refractivity contribution in [3.05, 3.63) is 35.6 Å². The molecule has 0 aliphatic heterocycles. The molecule has 1 unspecified atom stereocenters. The second-order valence-electron chi connectivity index (χ2n) is 6.96. The van der Waals surface area contributed by atoms with Crippen molar-refractivity contribution in [2.24, 2.45) is 11.8 Å². The van der Waals surface area contributed by atoms with Gasteiger partial charge in [0, 0.05) is 13.1 Å². The van der Waals surface area contributed by atoms with Crippen LogP contribution < -0.4 is 5.32 Å². The van der Waals surface area contributed by atoms with Crippen LogP contribution in [-0.4, -0.2) is 24.0 Å². The number of nitrogens with one attached hydrogen (secondary N) is 1. The highest BCUT2D eigenvalue weighted by Crippen LogP contribution is 2.35. The molecule has 3 nitrogen and oxygen atoms in total. The number of halogens is 1. The Bertz CT molecular complexity index is 495. The number of urea groups is 1. The van der Waals surface area contributed by atoms with Gasteiger partial charge in [0.25, 0.3) is 0 Å². The van der Waals surface area contributed by atoms with E-state index in [4.69, 9.17) is 0 Å². The summed E-state index contributed by atoms with van der Waals surface area (Å²) in [4.78, 5) is 14.5. The highest BCUT2D eigenvalue weighted by atomic mass is 19.1. The average molecular weight is 320 g/mol. The summed E-state index contributed by atoms with van der Waals surface area (Å²) in [5.74, 6) is 0.652. The molecule has 1 aromatic carbocycles. The molecule has 0 saturated heterocycles. The molecule has 0 heterocycles. The number of carbonyl (C=O) groups excluding carboxylic acids is 1. The maximum atomic E-state index is 13.2. The molecule has 1 fully saturated rings. The highest BCUT2D eigenvalue weighted by Gasteiger charge is 2.29. The zero-order chi connectivity index (χ0) is 16.8. The number of amides is 2. The second kappa shape index (κ2) is 8.32. The zero-order valence-corrected chi connectivity index (χ0v) is 14.5. The molecule has 2 amide bonds. The van der Waals surface area contributed by atoms with Crippen molar-refractivity contribution >= 4 is 6.03 Å². The molecule has 1 saturated carbocycles. The van der Waals surface area contributed by atoms with Crippen LogP contribution in [0.1, 0.15) is 58.1 Å². The normalized spacial score (nSPS) is 16.6. The maximum absolute atomic E-state index is 13.2. The summed E-state index contributed by atoms with van der Waals surface area (Å²) in [7, 11) is 0. The van der Waals surface area contributed by atoms with Crippen molar-refractivity contribution < 1.29 is 9.18 Å². The number of rotatable bonds is 6. The SMILES string of the molecule is CCN(CC(C)C)C(=O)NC(c1ccc(F)cc1)C1CCCC1. The first-order chi connectivity index (χ1) is 11.0. The molecule has 1 aliphatic carbocycles. The molecular weight excluding hydrogens is 291 g/mol. The minimum atomic E-state index is -0.236. The van der Waals surface area contributed by atoms with E-state index in [2.05, 4.69) is 19.2 Å². The Morgan fingerprint density at radius 2 is 1.87 bits per heavy atom. The molecule has 1 aliphatic rings. The first kappa shape index (κ1) is 17.8. The Morgan fingerprint density at radius 1 is 1.26 bits per heavy atom. The lowest BCUT2D eigenvalue weighted by atomic mass is 9.91. The quantitative estimate of drug-likeness (QED) is 0.806. The maximum Gasteiger partial charge on any atom is 0.317 e. The van der Waals surface area contributed by atoms with Gasteiger partial charge < -0.3 is 10.2 Å². The minimum Gasteiger partial charge on any atom is -0.331 e. The van der Waals surface area contributed by atoms with Gasteiger partial charge >= 0.3 is 6.03 Å². The summed E-state index contributed by atoms with van der Waals surface area (Å²) in [5.41, 5.74) is 1.01. The Balaban J connectivity index is 2.13. The molecule has 23 heavy (non-hydrogen) atoms. The van der Waals surface area contributed by atoms with Crippen LogP contribution >= 0.6 is 0 Å². The van der Waals surface area contributed by atoms with Gasteiger partial charge in [0.15, 0.2) is 0 Å². The van der Waals surface area contributed by atoms with Gasteiger partial charge in [-0.2, -0.15) is 0 Å². The van der Waals surface area contributed by atoms with Gasteiger partial charge in [-0.15, -0.1) is 0 Å². The third kappa shape index (κ3) is 4.95. The topological polar surface area (TPSA) is 32.3 Å². The fourth-order valence-corrected chi connectivity index (χ4v) is 3.45. The van der Waals surface area contributed by atoms with Crippen LogP contribution in [0.2, 0.25) is 0 Å².